The Kier molecular flexibility index (Phi) is 2.86. The van der Waals surface area contributed by atoms with Gasteiger partial charge in [0.05, 0.1) is 12.6 Å². The second-order valence-electron chi connectivity index (χ2n) is 3.51. The van der Waals surface area contributed by atoms with E-state index in [1.165, 1.54) is 0 Å². The molecular weight excluding hydrogens is 196 g/mol. The molecule has 0 amide bonds. The van der Waals surface area contributed by atoms with E-state index < -0.39 is 0 Å². The largest absolute Gasteiger partial charge is 0.409 e. The van der Waals surface area contributed by atoms with Crippen molar-refractivity contribution < 1.29 is 9.94 Å². The summed E-state index contributed by atoms with van der Waals surface area (Å²) in [6, 6.07) is 0.233. The molecule has 2 rings (SSSR count). The SMILES string of the molecule is N/C(=N/O)c1nccn1C1CCCOC1. The minimum Gasteiger partial charge on any atom is -0.409 e. The Bertz CT molecular complexity index is 355. The molecule has 1 aromatic heterocycles. The summed E-state index contributed by atoms with van der Waals surface area (Å²) in [5.41, 5.74) is 5.52. The number of rotatable bonds is 2. The van der Waals surface area contributed by atoms with Gasteiger partial charge in [-0.05, 0) is 12.8 Å². The van der Waals surface area contributed by atoms with Crippen molar-refractivity contribution >= 4 is 5.84 Å². The summed E-state index contributed by atoms with van der Waals surface area (Å²) in [6.07, 6.45) is 5.52. The van der Waals surface area contributed by atoms with E-state index >= 15 is 0 Å². The zero-order valence-corrected chi connectivity index (χ0v) is 8.33. The zero-order valence-electron chi connectivity index (χ0n) is 8.33. The van der Waals surface area contributed by atoms with Crippen LogP contribution in [0.3, 0.4) is 0 Å². The lowest BCUT2D eigenvalue weighted by atomic mass is 10.1. The van der Waals surface area contributed by atoms with E-state index in [9.17, 15) is 0 Å². The van der Waals surface area contributed by atoms with E-state index in [4.69, 9.17) is 15.7 Å². The van der Waals surface area contributed by atoms with Gasteiger partial charge >= 0.3 is 0 Å². The van der Waals surface area contributed by atoms with E-state index in [1.54, 1.807) is 6.20 Å². The number of amidine groups is 1. The third-order valence-electron chi connectivity index (χ3n) is 2.54. The molecule has 0 radical (unpaired) electrons. The average molecular weight is 210 g/mol. The highest BCUT2D eigenvalue weighted by Gasteiger charge is 2.19. The topological polar surface area (TPSA) is 85.7 Å². The van der Waals surface area contributed by atoms with Crippen molar-refractivity contribution in [3.05, 3.63) is 18.2 Å². The van der Waals surface area contributed by atoms with Gasteiger partial charge in [-0.1, -0.05) is 5.16 Å². The van der Waals surface area contributed by atoms with Crippen LogP contribution in [0.25, 0.3) is 0 Å². The molecular formula is C9H14N4O2. The maximum Gasteiger partial charge on any atom is 0.206 e. The summed E-state index contributed by atoms with van der Waals surface area (Å²) < 4.78 is 7.28. The fourth-order valence-electron chi connectivity index (χ4n) is 1.79. The summed E-state index contributed by atoms with van der Waals surface area (Å²) in [5.74, 6) is 0.526. The number of nitrogens with two attached hydrogens (primary N) is 1. The van der Waals surface area contributed by atoms with E-state index in [2.05, 4.69) is 10.1 Å². The zero-order chi connectivity index (χ0) is 10.7. The number of hydrogen-bond acceptors (Lipinski definition) is 4. The van der Waals surface area contributed by atoms with Gasteiger partial charge in [-0.3, -0.25) is 0 Å². The summed E-state index contributed by atoms with van der Waals surface area (Å²) >= 11 is 0. The molecule has 1 aromatic rings. The molecule has 1 atom stereocenters. The Morgan fingerprint density at radius 1 is 1.73 bits per heavy atom. The van der Waals surface area contributed by atoms with Crippen LogP contribution in [0.15, 0.2) is 17.5 Å². The van der Waals surface area contributed by atoms with Crippen LogP contribution in [0, 0.1) is 0 Å². The molecule has 0 aromatic carbocycles. The molecule has 0 saturated carbocycles. The van der Waals surface area contributed by atoms with Crippen molar-refractivity contribution in [3.63, 3.8) is 0 Å². The predicted molar refractivity (Wildman–Crippen MR) is 53.8 cm³/mol. The second-order valence-corrected chi connectivity index (χ2v) is 3.51. The molecule has 82 valence electrons. The van der Waals surface area contributed by atoms with Gasteiger partial charge in [-0.25, -0.2) is 4.98 Å². The predicted octanol–water partition coefficient (Wildman–Crippen LogP) is 0.329. The highest BCUT2D eigenvalue weighted by Crippen LogP contribution is 2.20. The Hall–Kier alpha value is -1.56. The summed E-state index contributed by atoms with van der Waals surface area (Å²) in [5, 5.41) is 11.6. The first-order valence-corrected chi connectivity index (χ1v) is 4.91. The van der Waals surface area contributed by atoms with E-state index in [0.29, 0.717) is 12.4 Å². The number of hydrogen-bond donors (Lipinski definition) is 2. The quantitative estimate of drug-likeness (QED) is 0.319. The highest BCUT2D eigenvalue weighted by molar-refractivity contribution is 5.93. The third-order valence-corrected chi connectivity index (χ3v) is 2.54. The Labute approximate surface area is 87.4 Å². The van der Waals surface area contributed by atoms with Crippen LogP contribution in [-0.4, -0.2) is 33.8 Å². The minimum atomic E-state index is 0.0329. The van der Waals surface area contributed by atoms with Crippen LogP contribution in [0.1, 0.15) is 24.7 Å². The van der Waals surface area contributed by atoms with Gasteiger partial charge in [-0.2, -0.15) is 0 Å². The summed E-state index contributed by atoms with van der Waals surface area (Å²) in [7, 11) is 0. The molecule has 6 nitrogen and oxygen atoms in total. The van der Waals surface area contributed by atoms with Crippen LogP contribution >= 0.6 is 0 Å². The normalized spacial score (nSPS) is 22.9. The van der Waals surface area contributed by atoms with Gasteiger partial charge in [0.15, 0.2) is 5.82 Å². The number of oxime groups is 1. The minimum absolute atomic E-state index is 0.0329. The molecule has 2 heterocycles. The van der Waals surface area contributed by atoms with E-state index in [1.807, 2.05) is 10.8 Å². The Morgan fingerprint density at radius 2 is 2.60 bits per heavy atom. The first-order valence-electron chi connectivity index (χ1n) is 4.91. The molecule has 6 heteroatoms. The van der Waals surface area contributed by atoms with Crippen LogP contribution in [-0.2, 0) is 4.74 Å². The molecule has 3 N–H and O–H groups in total. The van der Waals surface area contributed by atoms with Crippen molar-refractivity contribution in [2.24, 2.45) is 10.9 Å². The number of aromatic nitrogens is 2. The van der Waals surface area contributed by atoms with Crippen molar-refractivity contribution in [3.8, 4) is 0 Å². The molecule has 1 aliphatic heterocycles. The first-order chi connectivity index (χ1) is 7.33. The van der Waals surface area contributed by atoms with Gasteiger partial charge in [0.1, 0.15) is 0 Å². The lowest BCUT2D eigenvalue weighted by molar-refractivity contribution is 0.0589. The molecule has 1 aliphatic rings. The van der Waals surface area contributed by atoms with Crippen molar-refractivity contribution in [1.82, 2.24) is 9.55 Å². The molecule has 0 spiro atoms. The number of imidazole rings is 1. The lowest BCUT2D eigenvalue weighted by Crippen LogP contribution is -2.26. The van der Waals surface area contributed by atoms with Crippen molar-refractivity contribution in [2.75, 3.05) is 13.2 Å². The van der Waals surface area contributed by atoms with Crippen LogP contribution in [0.2, 0.25) is 0 Å². The average Bonchev–Trinajstić information content (AvgIpc) is 2.78. The van der Waals surface area contributed by atoms with Gasteiger partial charge < -0.3 is 20.2 Å². The van der Waals surface area contributed by atoms with Gasteiger partial charge in [0.25, 0.3) is 0 Å². The van der Waals surface area contributed by atoms with Gasteiger partial charge in [0, 0.05) is 19.0 Å². The van der Waals surface area contributed by atoms with Crippen LogP contribution in [0.4, 0.5) is 0 Å². The molecule has 15 heavy (non-hydrogen) atoms. The van der Waals surface area contributed by atoms with Crippen molar-refractivity contribution in [2.45, 2.75) is 18.9 Å². The third kappa shape index (κ3) is 1.94. The van der Waals surface area contributed by atoms with E-state index in [-0.39, 0.29) is 11.9 Å². The summed E-state index contributed by atoms with van der Waals surface area (Å²) in [4.78, 5) is 4.05. The summed E-state index contributed by atoms with van der Waals surface area (Å²) in [6.45, 7) is 1.46. The fourth-order valence-corrected chi connectivity index (χ4v) is 1.79. The fraction of sp³-hybridized carbons (Fsp3) is 0.556. The van der Waals surface area contributed by atoms with Gasteiger partial charge in [0.2, 0.25) is 5.84 Å². The molecule has 0 aliphatic carbocycles. The standard InChI is InChI=1S/C9H14N4O2/c10-8(12-14)9-11-3-4-13(9)7-2-1-5-15-6-7/h3-4,7,14H,1-2,5-6H2,(H2,10,12). The molecule has 1 unspecified atom stereocenters. The number of ether oxygens (including phenoxy) is 1. The Balaban J connectivity index is 2.23. The van der Waals surface area contributed by atoms with Crippen molar-refractivity contribution in [1.29, 1.82) is 0 Å². The second kappa shape index (κ2) is 4.31. The maximum absolute atomic E-state index is 8.61. The lowest BCUT2D eigenvalue weighted by Gasteiger charge is -2.24. The maximum atomic E-state index is 8.61. The molecule has 1 saturated heterocycles. The van der Waals surface area contributed by atoms with Gasteiger partial charge in [-0.15, -0.1) is 0 Å². The monoisotopic (exact) mass is 210 g/mol. The highest BCUT2D eigenvalue weighted by atomic mass is 16.5. The Morgan fingerprint density at radius 3 is 3.27 bits per heavy atom. The number of nitrogens with zero attached hydrogens (tertiary/aromatic N) is 3. The van der Waals surface area contributed by atoms with E-state index in [0.717, 1.165) is 19.4 Å². The van der Waals surface area contributed by atoms with Crippen LogP contribution in [0.5, 0.6) is 0 Å². The smallest absolute Gasteiger partial charge is 0.206 e. The molecule has 0 bridgehead atoms. The molecule has 1 fully saturated rings. The van der Waals surface area contributed by atoms with Crippen LogP contribution < -0.4 is 5.73 Å². The first kappa shape index (κ1) is 9.97.